The van der Waals surface area contributed by atoms with E-state index in [0.717, 1.165) is 38.2 Å². The average molecular weight is 271 g/mol. The second-order valence-corrected chi connectivity index (χ2v) is 5.71. The number of hydrogen-bond acceptors (Lipinski definition) is 2. The number of piperidine rings is 1. The minimum absolute atomic E-state index is 0.266. The molecule has 1 saturated heterocycles. The monoisotopic (exact) mass is 270 g/mol. The summed E-state index contributed by atoms with van der Waals surface area (Å²) < 4.78 is 13.3. The number of rotatable bonds is 3. The molecule has 0 amide bonds. The Kier molecular flexibility index (Phi) is 4.60. The number of likely N-dealkylation sites (tertiary alicyclic amines) is 1. The lowest BCUT2D eigenvalue weighted by Crippen LogP contribution is -2.42. The fourth-order valence-electron chi connectivity index (χ4n) is 2.64. The summed E-state index contributed by atoms with van der Waals surface area (Å²) in [6.07, 6.45) is 1.16. The molecule has 2 N–H and O–H groups in total. The Morgan fingerprint density at radius 3 is 2.89 bits per heavy atom. The molecule has 0 aliphatic carbocycles. The maximum Gasteiger partial charge on any atom is 0.125 e. The van der Waals surface area contributed by atoms with E-state index in [1.54, 1.807) is 6.07 Å². The van der Waals surface area contributed by atoms with E-state index >= 15 is 0 Å². The first-order valence-electron chi connectivity index (χ1n) is 6.46. The van der Waals surface area contributed by atoms with Crippen LogP contribution < -0.4 is 5.73 Å². The summed E-state index contributed by atoms with van der Waals surface area (Å²) in [7, 11) is 0. The molecule has 1 aromatic carbocycles. The zero-order valence-corrected chi connectivity index (χ0v) is 11.5. The van der Waals surface area contributed by atoms with Crippen LogP contribution in [-0.4, -0.2) is 24.5 Å². The van der Waals surface area contributed by atoms with Crippen LogP contribution in [0.15, 0.2) is 18.2 Å². The van der Waals surface area contributed by atoms with Crippen molar-refractivity contribution < 1.29 is 4.39 Å². The zero-order valence-electron chi connectivity index (χ0n) is 10.7. The largest absolute Gasteiger partial charge is 0.330 e. The van der Waals surface area contributed by atoms with Gasteiger partial charge in [0.15, 0.2) is 0 Å². The summed E-state index contributed by atoms with van der Waals surface area (Å²) in [5, 5.41) is 0.464. The fraction of sp³-hybridized carbons (Fsp3) is 0.571. The highest BCUT2D eigenvalue weighted by Gasteiger charge is 2.24. The summed E-state index contributed by atoms with van der Waals surface area (Å²) >= 11 is 5.87. The van der Waals surface area contributed by atoms with Crippen molar-refractivity contribution in [3.8, 4) is 0 Å². The fourth-order valence-corrected chi connectivity index (χ4v) is 2.88. The number of benzene rings is 1. The van der Waals surface area contributed by atoms with Crippen LogP contribution in [0, 0.1) is 17.7 Å². The predicted molar refractivity (Wildman–Crippen MR) is 73.0 cm³/mol. The topological polar surface area (TPSA) is 29.3 Å². The summed E-state index contributed by atoms with van der Waals surface area (Å²) in [5.41, 5.74) is 6.73. The molecule has 1 aliphatic heterocycles. The molecule has 1 aliphatic rings. The predicted octanol–water partition coefficient (Wildman–Crippen LogP) is 2.90. The Balaban J connectivity index is 2.01. The molecule has 1 fully saturated rings. The quantitative estimate of drug-likeness (QED) is 0.915. The lowest BCUT2D eigenvalue weighted by molar-refractivity contribution is 0.126. The second-order valence-electron chi connectivity index (χ2n) is 5.27. The molecular formula is C14H20ClFN2. The Hall–Kier alpha value is -0.640. The van der Waals surface area contributed by atoms with Crippen molar-refractivity contribution in [1.29, 1.82) is 0 Å². The van der Waals surface area contributed by atoms with Crippen molar-refractivity contribution in [2.75, 3.05) is 19.6 Å². The minimum atomic E-state index is -0.266. The van der Waals surface area contributed by atoms with Crippen LogP contribution in [0.3, 0.4) is 0 Å². The van der Waals surface area contributed by atoms with E-state index < -0.39 is 0 Å². The van der Waals surface area contributed by atoms with E-state index in [9.17, 15) is 4.39 Å². The van der Waals surface area contributed by atoms with Crippen LogP contribution in [-0.2, 0) is 6.54 Å². The number of halogens is 2. The number of hydrogen-bond donors (Lipinski definition) is 1. The first-order valence-corrected chi connectivity index (χ1v) is 6.83. The third-order valence-corrected chi connectivity index (χ3v) is 4.05. The Morgan fingerprint density at radius 1 is 1.44 bits per heavy atom. The van der Waals surface area contributed by atoms with Crippen molar-refractivity contribution in [1.82, 2.24) is 4.90 Å². The molecule has 1 heterocycles. The van der Waals surface area contributed by atoms with Crippen LogP contribution in [0.1, 0.15) is 18.9 Å². The summed E-state index contributed by atoms with van der Waals surface area (Å²) in [4.78, 5) is 2.34. The van der Waals surface area contributed by atoms with E-state index in [-0.39, 0.29) is 5.82 Å². The number of nitrogens with two attached hydrogens (primary N) is 1. The van der Waals surface area contributed by atoms with Crippen molar-refractivity contribution >= 4 is 11.6 Å². The SMILES string of the molecule is CC1CCN(Cc2cc(F)cc(Cl)c2)CC1CN. The van der Waals surface area contributed by atoms with Crippen molar-refractivity contribution in [2.24, 2.45) is 17.6 Å². The highest BCUT2D eigenvalue weighted by molar-refractivity contribution is 6.30. The maximum absolute atomic E-state index is 13.3. The van der Waals surface area contributed by atoms with E-state index in [2.05, 4.69) is 11.8 Å². The highest BCUT2D eigenvalue weighted by Crippen LogP contribution is 2.24. The minimum Gasteiger partial charge on any atom is -0.330 e. The van der Waals surface area contributed by atoms with Gasteiger partial charge >= 0.3 is 0 Å². The standard InChI is InChI=1S/C14H20ClFN2/c1-10-2-3-18(9-12(10)7-17)8-11-4-13(15)6-14(16)5-11/h4-6,10,12H,2-3,7-9,17H2,1H3. The Labute approximate surface area is 113 Å². The van der Waals surface area contributed by atoms with Crippen molar-refractivity contribution in [3.63, 3.8) is 0 Å². The normalized spacial score (nSPS) is 25.3. The third kappa shape index (κ3) is 3.44. The summed E-state index contributed by atoms with van der Waals surface area (Å²) in [5.74, 6) is 0.961. The van der Waals surface area contributed by atoms with Gasteiger partial charge in [0, 0.05) is 18.1 Å². The molecule has 2 nitrogen and oxygen atoms in total. The molecule has 0 saturated carbocycles. The van der Waals surface area contributed by atoms with E-state index in [4.69, 9.17) is 17.3 Å². The van der Waals surface area contributed by atoms with Gasteiger partial charge in [-0.2, -0.15) is 0 Å². The van der Waals surface area contributed by atoms with Crippen LogP contribution in [0.5, 0.6) is 0 Å². The molecule has 18 heavy (non-hydrogen) atoms. The van der Waals surface area contributed by atoms with Gasteiger partial charge in [-0.1, -0.05) is 18.5 Å². The summed E-state index contributed by atoms with van der Waals surface area (Å²) in [6.45, 7) is 5.77. The molecule has 0 spiro atoms. The maximum atomic E-state index is 13.3. The molecule has 0 radical (unpaired) electrons. The van der Waals surface area contributed by atoms with Crippen LogP contribution in [0.4, 0.5) is 4.39 Å². The van der Waals surface area contributed by atoms with Gasteiger partial charge < -0.3 is 5.73 Å². The van der Waals surface area contributed by atoms with Gasteiger partial charge in [0.2, 0.25) is 0 Å². The molecular weight excluding hydrogens is 251 g/mol. The zero-order chi connectivity index (χ0) is 13.1. The smallest absolute Gasteiger partial charge is 0.125 e. The van der Waals surface area contributed by atoms with Gasteiger partial charge in [0.25, 0.3) is 0 Å². The third-order valence-electron chi connectivity index (χ3n) is 3.83. The molecule has 2 atom stereocenters. The van der Waals surface area contributed by atoms with Crippen molar-refractivity contribution in [2.45, 2.75) is 19.9 Å². The summed E-state index contributed by atoms with van der Waals surface area (Å²) in [6, 6.07) is 4.73. The van der Waals surface area contributed by atoms with E-state index in [1.165, 1.54) is 6.07 Å². The second kappa shape index (κ2) is 6.00. The number of nitrogens with zero attached hydrogens (tertiary/aromatic N) is 1. The van der Waals surface area contributed by atoms with Gasteiger partial charge in [0.05, 0.1) is 0 Å². The molecule has 100 valence electrons. The molecule has 0 aromatic heterocycles. The van der Waals surface area contributed by atoms with Gasteiger partial charge in [-0.15, -0.1) is 0 Å². The lowest BCUT2D eigenvalue weighted by Gasteiger charge is -2.36. The molecule has 2 rings (SSSR count). The van der Waals surface area contributed by atoms with Crippen LogP contribution in [0.2, 0.25) is 5.02 Å². The van der Waals surface area contributed by atoms with Gasteiger partial charge in [0.1, 0.15) is 5.82 Å². The molecule has 0 bridgehead atoms. The Morgan fingerprint density at radius 2 is 2.22 bits per heavy atom. The van der Waals surface area contributed by atoms with Crippen LogP contribution in [0.25, 0.3) is 0 Å². The van der Waals surface area contributed by atoms with Gasteiger partial charge in [-0.25, -0.2) is 4.39 Å². The molecule has 4 heteroatoms. The van der Waals surface area contributed by atoms with Crippen molar-refractivity contribution in [3.05, 3.63) is 34.6 Å². The lowest BCUT2D eigenvalue weighted by atomic mass is 9.87. The molecule has 1 aromatic rings. The van der Waals surface area contributed by atoms with E-state index in [1.807, 2.05) is 6.07 Å². The Bertz CT molecular complexity index is 391. The first-order chi connectivity index (χ1) is 8.58. The first kappa shape index (κ1) is 13.8. The average Bonchev–Trinajstić information content (AvgIpc) is 2.30. The van der Waals surface area contributed by atoms with E-state index in [0.29, 0.717) is 16.9 Å². The van der Waals surface area contributed by atoms with Crippen LogP contribution >= 0.6 is 11.6 Å². The highest BCUT2D eigenvalue weighted by atomic mass is 35.5. The molecule has 2 unspecified atom stereocenters. The van der Waals surface area contributed by atoms with Gasteiger partial charge in [-0.05, 0) is 55.1 Å². The van der Waals surface area contributed by atoms with Gasteiger partial charge in [-0.3, -0.25) is 4.90 Å².